The summed E-state index contributed by atoms with van der Waals surface area (Å²) in [6.45, 7) is 2.08. The van der Waals surface area contributed by atoms with Gasteiger partial charge in [0, 0.05) is 8.04 Å². The summed E-state index contributed by atoms with van der Waals surface area (Å²) in [5.74, 6) is -0.384. The van der Waals surface area contributed by atoms with Crippen molar-refractivity contribution < 1.29 is 14.6 Å². The number of carbonyl (C=O) groups excluding carboxylic acids is 1. The first-order chi connectivity index (χ1) is 7.52. The van der Waals surface area contributed by atoms with E-state index in [1.807, 2.05) is 12.1 Å². The predicted octanol–water partition coefficient (Wildman–Crippen LogP) is 3.04. The summed E-state index contributed by atoms with van der Waals surface area (Å²) in [4.78, 5) is 11.2. The van der Waals surface area contributed by atoms with Gasteiger partial charge in [0.1, 0.15) is 0 Å². The Labute approximate surface area is 116 Å². The maximum absolute atomic E-state index is 11.2. The summed E-state index contributed by atoms with van der Waals surface area (Å²) in [7, 11) is 0. The molecule has 0 heterocycles. The van der Waals surface area contributed by atoms with Gasteiger partial charge in [0.25, 0.3) is 0 Å². The number of carbonyl (C=O) groups is 1. The van der Waals surface area contributed by atoms with Crippen LogP contribution in [0.15, 0.2) is 22.7 Å². The van der Waals surface area contributed by atoms with E-state index in [1.54, 1.807) is 13.0 Å². The molecule has 1 aromatic rings. The molecular weight excluding hydrogens is 387 g/mol. The Morgan fingerprint density at radius 1 is 1.56 bits per heavy atom. The van der Waals surface area contributed by atoms with Crippen LogP contribution in [0.1, 0.15) is 25.0 Å². The lowest BCUT2D eigenvalue weighted by Crippen LogP contribution is -2.10. The number of benzene rings is 1. The zero-order chi connectivity index (χ0) is 12.1. The van der Waals surface area contributed by atoms with Crippen LogP contribution < -0.4 is 0 Å². The average molecular weight is 399 g/mol. The number of aliphatic hydroxyl groups excluding tert-OH is 1. The second-order valence-corrected chi connectivity index (χ2v) is 5.39. The minimum absolute atomic E-state index is 0.0135. The van der Waals surface area contributed by atoms with E-state index >= 15 is 0 Å². The molecule has 1 unspecified atom stereocenters. The van der Waals surface area contributed by atoms with Crippen molar-refractivity contribution >= 4 is 44.5 Å². The van der Waals surface area contributed by atoms with Crippen LogP contribution in [-0.2, 0) is 9.53 Å². The van der Waals surface area contributed by atoms with Crippen LogP contribution in [0.25, 0.3) is 0 Å². The van der Waals surface area contributed by atoms with E-state index in [2.05, 4.69) is 38.5 Å². The SMILES string of the molecule is CCOC(=O)CC(O)c1cc(Br)cc(I)c1. The van der Waals surface area contributed by atoms with Crippen LogP contribution >= 0.6 is 38.5 Å². The molecule has 1 aromatic carbocycles. The van der Waals surface area contributed by atoms with Crippen molar-refractivity contribution in [2.24, 2.45) is 0 Å². The Kier molecular flexibility index (Phi) is 5.71. The Bertz CT molecular complexity index is 361. The van der Waals surface area contributed by atoms with Crippen LogP contribution in [-0.4, -0.2) is 17.7 Å². The van der Waals surface area contributed by atoms with Crippen molar-refractivity contribution in [2.75, 3.05) is 6.61 Å². The van der Waals surface area contributed by atoms with E-state index < -0.39 is 6.10 Å². The number of esters is 1. The van der Waals surface area contributed by atoms with Crippen molar-refractivity contribution in [3.63, 3.8) is 0 Å². The summed E-state index contributed by atoms with van der Waals surface area (Å²) < 4.78 is 6.67. The summed E-state index contributed by atoms with van der Waals surface area (Å²) >= 11 is 5.50. The molecule has 0 radical (unpaired) electrons. The third-order valence-electron chi connectivity index (χ3n) is 1.93. The van der Waals surface area contributed by atoms with Gasteiger partial charge in [0.2, 0.25) is 0 Å². The Hall–Kier alpha value is -0.140. The maximum atomic E-state index is 11.2. The monoisotopic (exact) mass is 398 g/mol. The Balaban J connectivity index is 2.72. The molecule has 1 rings (SSSR count). The molecule has 1 atom stereocenters. The second-order valence-electron chi connectivity index (χ2n) is 3.23. The molecule has 0 amide bonds. The molecule has 0 spiro atoms. The van der Waals surface area contributed by atoms with E-state index in [0.717, 1.165) is 8.04 Å². The number of hydrogen-bond acceptors (Lipinski definition) is 3. The van der Waals surface area contributed by atoms with Gasteiger partial charge in [-0.05, 0) is 53.3 Å². The fourth-order valence-corrected chi connectivity index (χ4v) is 2.90. The van der Waals surface area contributed by atoms with Crippen molar-refractivity contribution in [2.45, 2.75) is 19.4 Å². The predicted molar refractivity (Wildman–Crippen MR) is 73.1 cm³/mol. The van der Waals surface area contributed by atoms with Crippen LogP contribution in [0.4, 0.5) is 0 Å². The summed E-state index contributed by atoms with van der Waals surface area (Å²) in [5, 5.41) is 9.84. The zero-order valence-electron chi connectivity index (χ0n) is 8.74. The standard InChI is InChI=1S/C11H12BrIO3/c1-2-16-11(15)6-10(14)7-3-8(12)5-9(13)4-7/h3-5,10,14H,2,6H2,1H3. The number of halogens is 2. The van der Waals surface area contributed by atoms with Gasteiger partial charge in [-0.3, -0.25) is 4.79 Å². The molecule has 0 saturated heterocycles. The van der Waals surface area contributed by atoms with Crippen LogP contribution in [0.2, 0.25) is 0 Å². The van der Waals surface area contributed by atoms with Crippen molar-refractivity contribution in [1.82, 2.24) is 0 Å². The molecule has 0 saturated carbocycles. The molecule has 0 bridgehead atoms. The highest BCUT2D eigenvalue weighted by Gasteiger charge is 2.14. The number of aliphatic hydroxyl groups is 1. The van der Waals surface area contributed by atoms with E-state index in [1.165, 1.54) is 0 Å². The zero-order valence-corrected chi connectivity index (χ0v) is 12.5. The van der Waals surface area contributed by atoms with E-state index in [4.69, 9.17) is 4.74 Å². The summed E-state index contributed by atoms with van der Waals surface area (Å²) in [5.41, 5.74) is 0.715. The molecule has 16 heavy (non-hydrogen) atoms. The van der Waals surface area contributed by atoms with Crippen molar-refractivity contribution in [3.05, 3.63) is 31.8 Å². The van der Waals surface area contributed by atoms with Gasteiger partial charge in [0.15, 0.2) is 0 Å². The highest BCUT2D eigenvalue weighted by molar-refractivity contribution is 14.1. The van der Waals surface area contributed by atoms with Gasteiger partial charge in [-0.1, -0.05) is 15.9 Å². The highest BCUT2D eigenvalue weighted by atomic mass is 127. The smallest absolute Gasteiger partial charge is 0.308 e. The van der Waals surface area contributed by atoms with Crippen molar-refractivity contribution in [3.8, 4) is 0 Å². The lowest BCUT2D eigenvalue weighted by Gasteiger charge is -2.11. The molecule has 5 heteroatoms. The Morgan fingerprint density at radius 3 is 2.81 bits per heavy atom. The molecule has 0 aliphatic carbocycles. The molecule has 0 fully saturated rings. The molecule has 1 N–H and O–H groups in total. The molecule has 3 nitrogen and oxygen atoms in total. The fraction of sp³-hybridized carbons (Fsp3) is 0.364. The second kappa shape index (κ2) is 6.56. The maximum Gasteiger partial charge on any atom is 0.308 e. The lowest BCUT2D eigenvalue weighted by atomic mass is 10.1. The minimum Gasteiger partial charge on any atom is -0.466 e. The first-order valence-corrected chi connectivity index (χ1v) is 6.69. The molecule has 0 aliphatic rings. The number of ether oxygens (including phenoxy) is 1. The Morgan fingerprint density at radius 2 is 2.25 bits per heavy atom. The summed E-state index contributed by atoms with van der Waals surface area (Å²) in [6.07, 6.45) is -0.828. The normalized spacial score (nSPS) is 12.2. The number of rotatable bonds is 4. The highest BCUT2D eigenvalue weighted by Crippen LogP contribution is 2.24. The van der Waals surface area contributed by atoms with Gasteiger partial charge < -0.3 is 9.84 Å². The van der Waals surface area contributed by atoms with Gasteiger partial charge in [0.05, 0.1) is 19.1 Å². The van der Waals surface area contributed by atoms with Crippen LogP contribution in [0, 0.1) is 3.57 Å². The van der Waals surface area contributed by atoms with E-state index in [9.17, 15) is 9.90 Å². The molecular formula is C11H12BrIO3. The first-order valence-electron chi connectivity index (χ1n) is 4.82. The average Bonchev–Trinajstić information content (AvgIpc) is 2.16. The minimum atomic E-state index is -0.815. The molecule has 88 valence electrons. The quantitative estimate of drug-likeness (QED) is 0.626. The topological polar surface area (TPSA) is 46.5 Å². The van der Waals surface area contributed by atoms with Gasteiger partial charge >= 0.3 is 5.97 Å². The fourth-order valence-electron chi connectivity index (χ4n) is 1.26. The van der Waals surface area contributed by atoms with E-state index in [-0.39, 0.29) is 12.4 Å². The van der Waals surface area contributed by atoms with Crippen LogP contribution in [0.3, 0.4) is 0 Å². The largest absolute Gasteiger partial charge is 0.466 e. The van der Waals surface area contributed by atoms with Crippen LogP contribution in [0.5, 0.6) is 0 Å². The first kappa shape index (κ1) is 13.9. The molecule has 0 aromatic heterocycles. The third kappa shape index (κ3) is 4.39. The van der Waals surface area contributed by atoms with Gasteiger partial charge in [-0.15, -0.1) is 0 Å². The molecule has 0 aliphatic heterocycles. The van der Waals surface area contributed by atoms with Gasteiger partial charge in [-0.25, -0.2) is 0 Å². The van der Waals surface area contributed by atoms with E-state index in [0.29, 0.717) is 12.2 Å². The summed E-state index contributed by atoms with van der Waals surface area (Å²) in [6, 6.07) is 5.57. The third-order valence-corrected chi connectivity index (χ3v) is 3.02. The lowest BCUT2D eigenvalue weighted by molar-refractivity contribution is -0.145. The van der Waals surface area contributed by atoms with Crippen molar-refractivity contribution in [1.29, 1.82) is 0 Å². The number of hydrogen-bond donors (Lipinski definition) is 1. The van der Waals surface area contributed by atoms with Gasteiger partial charge in [-0.2, -0.15) is 0 Å².